The van der Waals surface area contributed by atoms with Gasteiger partial charge in [0.25, 0.3) is 0 Å². The summed E-state index contributed by atoms with van der Waals surface area (Å²) in [4.78, 5) is 25.7. The number of ether oxygens (including phenoxy) is 1. The maximum absolute atomic E-state index is 14.2. The van der Waals surface area contributed by atoms with Crippen LogP contribution in [0.2, 0.25) is 0 Å². The molecule has 0 spiro atoms. The van der Waals surface area contributed by atoms with Crippen molar-refractivity contribution in [1.82, 2.24) is 4.90 Å². The molecule has 0 rings (SSSR count). The van der Waals surface area contributed by atoms with Crippen molar-refractivity contribution in [2.75, 3.05) is 33.4 Å². The molecule has 310 valence electrons. The topological polar surface area (TPSA) is 102 Å². The minimum atomic E-state index is -4.02. The van der Waals surface area contributed by atoms with Crippen LogP contribution in [-0.2, 0) is 27.9 Å². The van der Waals surface area contributed by atoms with E-state index in [1.54, 1.807) is 6.92 Å². The van der Waals surface area contributed by atoms with E-state index in [1.807, 2.05) is 0 Å². The monoisotopic (exact) mass is 760 g/mol. The van der Waals surface area contributed by atoms with Crippen molar-refractivity contribution in [3.8, 4) is 0 Å². The molecule has 0 radical (unpaired) electrons. The van der Waals surface area contributed by atoms with Crippen LogP contribution in [0.3, 0.4) is 0 Å². The largest absolute Gasteiger partial charge is 0.480 e. The molecule has 0 bridgehead atoms. The highest BCUT2D eigenvalue weighted by Crippen LogP contribution is 2.54. The zero-order chi connectivity index (χ0) is 38.4. The van der Waals surface area contributed by atoms with Crippen molar-refractivity contribution in [2.24, 2.45) is 0 Å². The van der Waals surface area contributed by atoms with Crippen molar-refractivity contribution in [3.05, 3.63) is 0 Å². The Kier molecular flexibility index (Phi) is 37.6. The molecule has 0 aliphatic heterocycles. The first-order valence-corrected chi connectivity index (χ1v) is 23.9. The van der Waals surface area contributed by atoms with Gasteiger partial charge in [-0.25, -0.2) is 4.79 Å². The van der Waals surface area contributed by atoms with E-state index in [4.69, 9.17) is 13.8 Å². The molecule has 8 nitrogen and oxygen atoms in total. The highest BCUT2D eigenvalue weighted by Gasteiger charge is 2.46. The zero-order valence-corrected chi connectivity index (χ0v) is 35.7. The maximum Gasteiger partial charge on any atom is 0.359 e. The summed E-state index contributed by atoms with van der Waals surface area (Å²) in [5.41, 5.74) is 0. The standard InChI is InChI=1S/C43H86NO7P/c1-5-8-10-12-14-16-18-20-22-24-26-28-30-32-34-36-38-50-52(48,42(43(47)49-7-3)44(4)40-41(45)46)51-39-37-35-33-31-29-27-25-23-21-19-17-15-13-11-9-6-2/h42H,5-40H2,1-4H3,(H,45,46). The molecule has 9 heteroatoms. The smallest absolute Gasteiger partial charge is 0.359 e. The number of esters is 1. The molecule has 0 heterocycles. The Hall–Kier alpha value is -0.950. The number of hydrogen-bond donors (Lipinski definition) is 1. The Labute approximate surface area is 322 Å². The molecular weight excluding hydrogens is 673 g/mol. The predicted molar refractivity (Wildman–Crippen MR) is 219 cm³/mol. The number of rotatable bonds is 42. The van der Waals surface area contributed by atoms with Gasteiger partial charge in [0, 0.05) is 0 Å². The summed E-state index contributed by atoms with van der Waals surface area (Å²) in [6.45, 7) is 6.23. The second kappa shape index (κ2) is 38.3. The van der Waals surface area contributed by atoms with E-state index in [0.717, 1.165) is 25.7 Å². The molecule has 0 aromatic heterocycles. The fourth-order valence-corrected chi connectivity index (χ4v) is 8.95. The van der Waals surface area contributed by atoms with Gasteiger partial charge in [-0.15, -0.1) is 0 Å². The van der Waals surface area contributed by atoms with Crippen molar-refractivity contribution in [1.29, 1.82) is 0 Å². The van der Waals surface area contributed by atoms with Gasteiger partial charge >= 0.3 is 19.5 Å². The number of unbranched alkanes of at least 4 members (excludes halogenated alkanes) is 30. The summed E-state index contributed by atoms with van der Waals surface area (Å²) in [7, 11) is -2.56. The average Bonchev–Trinajstić information content (AvgIpc) is 3.10. The summed E-state index contributed by atoms with van der Waals surface area (Å²) < 4.78 is 31.2. The molecule has 0 saturated heterocycles. The first-order chi connectivity index (χ1) is 25.3. The number of aliphatic carboxylic acids is 1. The van der Waals surface area contributed by atoms with Crippen LogP contribution in [0, 0.1) is 0 Å². The van der Waals surface area contributed by atoms with Crippen molar-refractivity contribution in [3.63, 3.8) is 0 Å². The predicted octanol–water partition coefficient (Wildman–Crippen LogP) is 13.6. The van der Waals surface area contributed by atoms with Gasteiger partial charge in [-0.1, -0.05) is 206 Å². The molecule has 52 heavy (non-hydrogen) atoms. The van der Waals surface area contributed by atoms with Crippen LogP contribution in [0.25, 0.3) is 0 Å². The number of carbonyl (C=O) groups excluding carboxylic acids is 1. The molecular formula is C43H86NO7P. The van der Waals surface area contributed by atoms with Gasteiger partial charge in [0.05, 0.1) is 26.4 Å². The summed E-state index contributed by atoms with van der Waals surface area (Å²) in [6.07, 6.45) is 40.3. The van der Waals surface area contributed by atoms with E-state index in [-0.39, 0.29) is 19.8 Å². The normalized spacial score (nSPS) is 12.5. The van der Waals surface area contributed by atoms with Gasteiger partial charge in [0.2, 0.25) is 5.78 Å². The van der Waals surface area contributed by atoms with E-state index in [2.05, 4.69) is 13.8 Å². The van der Waals surface area contributed by atoms with Gasteiger partial charge in [0.15, 0.2) is 0 Å². The van der Waals surface area contributed by atoms with Crippen LogP contribution in [0.5, 0.6) is 0 Å². The fourth-order valence-electron chi connectivity index (χ4n) is 6.93. The third-order valence-corrected chi connectivity index (χ3v) is 12.4. The van der Waals surface area contributed by atoms with Gasteiger partial charge in [0.1, 0.15) is 0 Å². The Morgan fingerprint density at radius 1 is 0.500 bits per heavy atom. The summed E-state index contributed by atoms with van der Waals surface area (Å²) >= 11 is 0. The Morgan fingerprint density at radius 2 is 0.769 bits per heavy atom. The molecule has 0 fully saturated rings. The van der Waals surface area contributed by atoms with Gasteiger partial charge in [-0.2, -0.15) is 0 Å². The van der Waals surface area contributed by atoms with Gasteiger partial charge in [-0.05, 0) is 26.8 Å². The Bertz CT molecular complexity index is 800. The lowest BCUT2D eigenvalue weighted by atomic mass is 10.0. The molecule has 1 N–H and O–H groups in total. The number of carboxylic acid groups (broad SMARTS) is 1. The second-order valence-corrected chi connectivity index (χ2v) is 17.3. The van der Waals surface area contributed by atoms with E-state index in [0.29, 0.717) is 12.8 Å². The number of likely N-dealkylation sites (N-methyl/N-ethyl adjacent to an activating group) is 1. The lowest BCUT2D eigenvalue weighted by molar-refractivity contribution is -0.148. The second-order valence-electron chi connectivity index (χ2n) is 15.2. The molecule has 1 atom stereocenters. The lowest BCUT2D eigenvalue weighted by Gasteiger charge is -2.31. The summed E-state index contributed by atoms with van der Waals surface area (Å²) in [5, 5.41) is 9.41. The van der Waals surface area contributed by atoms with Crippen LogP contribution < -0.4 is 0 Å². The van der Waals surface area contributed by atoms with Crippen molar-refractivity contribution >= 4 is 19.5 Å². The molecule has 0 aromatic rings. The molecule has 0 aromatic carbocycles. The molecule has 0 saturated carbocycles. The number of carboxylic acids is 1. The highest BCUT2D eigenvalue weighted by molar-refractivity contribution is 7.55. The van der Waals surface area contributed by atoms with Crippen LogP contribution in [-0.4, -0.2) is 61.1 Å². The molecule has 1 unspecified atom stereocenters. The van der Waals surface area contributed by atoms with Gasteiger partial charge in [-0.3, -0.25) is 14.3 Å². The van der Waals surface area contributed by atoms with Crippen molar-refractivity contribution < 1.29 is 33.0 Å². The van der Waals surface area contributed by atoms with Crippen LogP contribution in [0.1, 0.15) is 226 Å². The van der Waals surface area contributed by atoms with Crippen LogP contribution in [0.4, 0.5) is 0 Å². The minimum Gasteiger partial charge on any atom is -0.480 e. The average molecular weight is 760 g/mol. The van der Waals surface area contributed by atoms with Crippen LogP contribution in [0.15, 0.2) is 0 Å². The third kappa shape index (κ3) is 31.4. The van der Waals surface area contributed by atoms with Gasteiger partial charge < -0.3 is 18.9 Å². The minimum absolute atomic E-state index is 0.0918. The maximum atomic E-state index is 14.2. The van der Waals surface area contributed by atoms with E-state index in [9.17, 15) is 19.3 Å². The number of hydrogen-bond acceptors (Lipinski definition) is 7. The quantitative estimate of drug-likeness (QED) is 0.0373. The Balaban J connectivity index is 4.43. The first-order valence-electron chi connectivity index (χ1n) is 22.3. The fraction of sp³-hybridized carbons (Fsp3) is 0.953. The van der Waals surface area contributed by atoms with Crippen molar-refractivity contribution in [2.45, 2.75) is 232 Å². The highest BCUT2D eigenvalue weighted by atomic mass is 31.2. The van der Waals surface area contributed by atoms with E-state index < -0.39 is 31.9 Å². The van der Waals surface area contributed by atoms with E-state index >= 15 is 0 Å². The molecule has 0 aliphatic rings. The zero-order valence-electron chi connectivity index (χ0n) is 34.8. The molecule has 0 amide bonds. The van der Waals surface area contributed by atoms with Crippen LogP contribution >= 0.6 is 7.60 Å². The molecule has 0 aliphatic carbocycles. The summed E-state index contributed by atoms with van der Waals surface area (Å²) in [6, 6.07) is 0. The summed E-state index contributed by atoms with van der Waals surface area (Å²) in [5.74, 6) is -3.31. The van der Waals surface area contributed by atoms with E-state index in [1.165, 1.54) is 179 Å². The lowest BCUT2D eigenvalue weighted by Crippen LogP contribution is -2.43. The first kappa shape index (κ1) is 51.0. The number of nitrogens with zero attached hydrogens (tertiary/aromatic N) is 1. The third-order valence-electron chi connectivity index (χ3n) is 10.1. The number of carbonyl (C=O) groups is 2. The SMILES string of the molecule is CCCCCCCCCCCCCCCCCCOP(=O)(OCCCCCCCCCCCCCCCCCC)C(C(=O)OCC)N(C)CC(=O)O. The Morgan fingerprint density at radius 3 is 1.02 bits per heavy atom.